The van der Waals surface area contributed by atoms with Gasteiger partial charge in [0.25, 0.3) is 0 Å². The van der Waals surface area contributed by atoms with Gasteiger partial charge in [-0.3, -0.25) is 9.59 Å². The number of nitrogens with two attached hydrogens (primary N) is 1. The van der Waals surface area contributed by atoms with Crippen LogP contribution in [-0.2, 0) is 20.7 Å². The van der Waals surface area contributed by atoms with Crippen molar-refractivity contribution in [3.8, 4) is 0 Å². The molecular weight excluding hydrogens is 298 g/mol. The number of aromatic nitrogens is 2. The van der Waals surface area contributed by atoms with Crippen molar-refractivity contribution in [1.29, 1.82) is 0 Å². The fraction of sp³-hybridized carbons (Fsp3) is 0.600. The minimum atomic E-state index is -0.266. The van der Waals surface area contributed by atoms with Crippen molar-refractivity contribution in [3.05, 3.63) is 11.3 Å². The number of ether oxygens (including phenoxy) is 1. The number of nitrogen functional groups attached to an aromatic ring is 1. The molecule has 2 fully saturated rings. The molecule has 2 atom stereocenters. The van der Waals surface area contributed by atoms with E-state index in [0.717, 1.165) is 23.6 Å². The highest BCUT2D eigenvalue weighted by Crippen LogP contribution is 2.32. The van der Waals surface area contributed by atoms with Gasteiger partial charge in [0.05, 0.1) is 13.2 Å². The molecule has 0 unspecified atom stereocenters. The van der Waals surface area contributed by atoms with Crippen LogP contribution in [0.1, 0.15) is 24.1 Å². The molecule has 1 amide bonds. The number of nitrogens with zero attached hydrogens (tertiary/aromatic N) is 3. The Kier molecular flexibility index (Phi) is 4.06. The lowest BCUT2D eigenvalue weighted by molar-refractivity contribution is -0.140. The molecule has 3 rings (SSSR count). The second-order valence-corrected chi connectivity index (χ2v) is 6.09. The topological polar surface area (TPSA) is 110 Å². The molecule has 0 spiro atoms. The van der Waals surface area contributed by atoms with Crippen molar-refractivity contribution >= 4 is 23.6 Å². The van der Waals surface area contributed by atoms with E-state index in [1.54, 1.807) is 0 Å². The molecule has 2 aliphatic rings. The van der Waals surface area contributed by atoms with E-state index in [1.165, 1.54) is 7.11 Å². The van der Waals surface area contributed by atoms with Gasteiger partial charge < -0.3 is 20.7 Å². The molecule has 8 heteroatoms. The van der Waals surface area contributed by atoms with E-state index in [9.17, 15) is 9.59 Å². The standard InChI is InChI=1S/C15H21N5O3/c1-8-10(3-4-13(22)23-2)14(19-15(16)17-8)20-6-9-5-12(21)18-11(9)7-20/h9,11H,3-7H2,1-2H3,(H,18,21)(H2,16,17,19)/t9-,11+/m0/s1. The molecular formula is C15H21N5O3. The summed E-state index contributed by atoms with van der Waals surface area (Å²) in [4.78, 5) is 33.6. The van der Waals surface area contributed by atoms with Crippen molar-refractivity contribution in [3.63, 3.8) is 0 Å². The highest BCUT2D eigenvalue weighted by molar-refractivity contribution is 5.80. The van der Waals surface area contributed by atoms with Crippen LogP contribution in [0.15, 0.2) is 0 Å². The molecule has 0 aliphatic carbocycles. The van der Waals surface area contributed by atoms with Gasteiger partial charge in [0.1, 0.15) is 5.82 Å². The zero-order valence-corrected chi connectivity index (χ0v) is 13.3. The summed E-state index contributed by atoms with van der Waals surface area (Å²) >= 11 is 0. The molecule has 3 N–H and O–H groups in total. The van der Waals surface area contributed by atoms with Gasteiger partial charge in [-0.2, -0.15) is 4.98 Å². The highest BCUT2D eigenvalue weighted by Gasteiger charge is 2.41. The molecule has 0 radical (unpaired) electrons. The number of nitrogens with one attached hydrogen (secondary N) is 1. The number of methoxy groups -OCH3 is 1. The van der Waals surface area contributed by atoms with Gasteiger partial charge in [-0.1, -0.05) is 0 Å². The number of aryl methyl sites for hydroxylation is 1. The first kappa shape index (κ1) is 15.5. The van der Waals surface area contributed by atoms with Gasteiger partial charge in [-0.15, -0.1) is 0 Å². The minimum Gasteiger partial charge on any atom is -0.469 e. The predicted octanol–water partition coefficient (Wildman–Crippen LogP) is -0.202. The van der Waals surface area contributed by atoms with Crippen molar-refractivity contribution in [2.45, 2.75) is 32.2 Å². The third kappa shape index (κ3) is 3.06. The molecule has 0 saturated carbocycles. The van der Waals surface area contributed by atoms with Crippen molar-refractivity contribution in [2.75, 3.05) is 30.8 Å². The largest absolute Gasteiger partial charge is 0.469 e. The highest BCUT2D eigenvalue weighted by atomic mass is 16.5. The van der Waals surface area contributed by atoms with Gasteiger partial charge in [-0.05, 0) is 13.3 Å². The molecule has 3 heterocycles. The summed E-state index contributed by atoms with van der Waals surface area (Å²) in [7, 11) is 1.37. The molecule has 124 valence electrons. The number of amides is 1. The number of hydrogen-bond donors (Lipinski definition) is 2. The second kappa shape index (κ2) is 6.02. The Hall–Kier alpha value is -2.38. The van der Waals surface area contributed by atoms with Crippen LogP contribution in [0.2, 0.25) is 0 Å². The number of hydrogen-bond acceptors (Lipinski definition) is 7. The average molecular weight is 319 g/mol. The SMILES string of the molecule is COC(=O)CCc1c(C)nc(N)nc1N1C[C@@H]2CC(=O)N[C@@H]2C1. The lowest BCUT2D eigenvalue weighted by Crippen LogP contribution is -2.33. The maximum Gasteiger partial charge on any atom is 0.305 e. The normalized spacial score (nSPS) is 22.9. The number of esters is 1. The zero-order valence-electron chi connectivity index (χ0n) is 13.3. The number of fused-ring (bicyclic) bond motifs is 1. The van der Waals surface area contributed by atoms with Gasteiger partial charge in [0.15, 0.2) is 0 Å². The average Bonchev–Trinajstić information content (AvgIpc) is 3.02. The molecule has 0 bridgehead atoms. The summed E-state index contributed by atoms with van der Waals surface area (Å²) < 4.78 is 4.71. The van der Waals surface area contributed by atoms with Crippen molar-refractivity contribution in [2.24, 2.45) is 5.92 Å². The fourth-order valence-electron chi connectivity index (χ4n) is 3.40. The first-order valence-electron chi connectivity index (χ1n) is 7.72. The molecule has 2 aliphatic heterocycles. The Balaban J connectivity index is 1.83. The van der Waals surface area contributed by atoms with Crippen LogP contribution in [0, 0.1) is 12.8 Å². The van der Waals surface area contributed by atoms with E-state index in [4.69, 9.17) is 10.5 Å². The lowest BCUT2D eigenvalue weighted by Gasteiger charge is -2.22. The summed E-state index contributed by atoms with van der Waals surface area (Å²) in [6.45, 7) is 3.33. The number of anilines is 2. The smallest absolute Gasteiger partial charge is 0.305 e. The van der Waals surface area contributed by atoms with E-state index in [0.29, 0.717) is 25.3 Å². The Bertz CT molecular complexity index is 632. The van der Waals surface area contributed by atoms with Crippen LogP contribution < -0.4 is 16.0 Å². The van der Waals surface area contributed by atoms with E-state index in [-0.39, 0.29) is 30.3 Å². The molecule has 1 aromatic heterocycles. The summed E-state index contributed by atoms with van der Waals surface area (Å²) in [6.07, 6.45) is 1.33. The Morgan fingerprint density at radius 1 is 1.43 bits per heavy atom. The van der Waals surface area contributed by atoms with E-state index >= 15 is 0 Å². The van der Waals surface area contributed by atoms with Crippen LogP contribution in [-0.4, -0.2) is 48.1 Å². The summed E-state index contributed by atoms with van der Waals surface area (Å²) in [6, 6.07) is 0.160. The summed E-state index contributed by atoms with van der Waals surface area (Å²) in [5.41, 5.74) is 7.49. The molecule has 1 aromatic rings. The third-order valence-corrected chi connectivity index (χ3v) is 4.55. The second-order valence-electron chi connectivity index (χ2n) is 6.09. The van der Waals surface area contributed by atoms with Gasteiger partial charge in [-0.25, -0.2) is 4.98 Å². The predicted molar refractivity (Wildman–Crippen MR) is 83.8 cm³/mol. The molecule has 23 heavy (non-hydrogen) atoms. The van der Waals surface area contributed by atoms with Crippen LogP contribution >= 0.6 is 0 Å². The van der Waals surface area contributed by atoms with Crippen LogP contribution in [0.4, 0.5) is 11.8 Å². The fourth-order valence-corrected chi connectivity index (χ4v) is 3.40. The number of carbonyl (C=O) groups is 2. The van der Waals surface area contributed by atoms with Crippen LogP contribution in [0.5, 0.6) is 0 Å². The maximum absolute atomic E-state index is 11.5. The molecule has 8 nitrogen and oxygen atoms in total. The third-order valence-electron chi connectivity index (χ3n) is 4.55. The summed E-state index contributed by atoms with van der Waals surface area (Å²) in [5, 5.41) is 2.99. The van der Waals surface area contributed by atoms with E-state index in [2.05, 4.69) is 20.2 Å². The van der Waals surface area contributed by atoms with E-state index < -0.39 is 0 Å². The first-order chi connectivity index (χ1) is 11.0. The molecule has 0 aromatic carbocycles. The number of rotatable bonds is 4. The zero-order chi connectivity index (χ0) is 16.6. The van der Waals surface area contributed by atoms with Gasteiger partial charge in [0.2, 0.25) is 11.9 Å². The van der Waals surface area contributed by atoms with Gasteiger partial charge in [0, 0.05) is 43.1 Å². The van der Waals surface area contributed by atoms with Crippen molar-refractivity contribution < 1.29 is 14.3 Å². The summed E-state index contributed by atoms with van der Waals surface area (Å²) in [5.74, 6) is 1.14. The quantitative estimate of drug-likeness (QED) is 0.739. The lowest BCUT2D eigenvalue weighted by atomic mass is 10.1. The monoisotopic (exact) mass is 319 g/mol. The van der Waals surface area contributed by atoms with Crippen molar-refractivity contribution in [1.82, 2.24) is 15.3 Å². The van der Waals surface area contributed by atoms with Gasteiger partial charge >= 0.3 is 5.97 Å². The molecule has 2 saturated heterocycles. The maximum atomic E-state index is 11.5. The Labute approximate surface area is 134 Å². The Morgan fingerprint density at radius 3 is 2.91 bits per heavy atom. The minimum absolute atomic E-state index is 0.115. The first-order valence-corrected chi connectivity index (χ1v) is 7.72. The van der Waals surface area contributed by atoms with E-state index in [1.807, 2.05) is 6.92 Å². The van der Waals surface area contributed by atoms with Crippen LogP contribution in [0.25, 0.3) is 0 Å². The number of carbonyl (C=O) groups excluding carboxylic acids is 2. The van der Waals surface area contributed by atoms with Crippen LogP contribution in [0.3, 0.4) is 0 Å². The Morgan fingerprint density at radius 2 is 2.22 bits per heavy atom.